The quantitative estimate of drug-likeness (QED) is 0.633. The molecule has 0 spiro atoms. The molecule has 0 saturated carbocycles. The van der Waals surface area contributed by atoms with Crippen LogP contribution in [0.1, 0.15) is 66.3 Å². The lowest BCUT2D eigenvalue weighted by atomic mass is 9.90. The predicted octanol–water partition coefficient (Wildman–Crippen LogP) is 4.73. The zero-order valence-electron chi connectivity index (χ0n) is 18.2. The van der Waals surface area contributed by atoms with E-state index in [1.165, 1.54) is 10.9 Å². The van der Waals surface area contributed by atoms with Crippen LogP contribution in [0.3, 0.4) is 0 Å². The molecule has 2 N–H and O–H groups in total. The van der Waals surface area contributed by atoms with Crippen LogP contribution >= 0.6 is 0 Å². The van der Waals surface area contributed by atoms with Crippen molar-refractivity contribution in [2.75, 3.05) is 0 Å². The van der Waals surface area contributed by atoms with Gasteiger partial charge in [-0.1, -0.05) is 56.7 Å². The number of rotatable bonds is 5. The predicted molar refractivity (Wildman–Crippen MR) is 122 cm³/mol. The minimum atomic E-state index is -0.473. The number of fused-ring (bicyclic) bond motifs is 4. The molecule has 2 aromatic carbocycles. The lowest BCUT2D eigenvalue weighted by Gasteiger charge is -2.33. The molecule has 5 nitrogen and oxygen atoms in total. The van der Waals surface area contributed by atoms with E-state index in [9.17, 15) is 9.59 Å². The normalized spacial score (nSPS) is 19.7. The summed E-state index contributed by atoms with van der Waals surface area (Å²) in [6.45, 7) is 4.64. The van der Waals surface area contributed by atoms with Crippen LogP contribution in [0.2, 0.25) is 0 Å². The molecule has 2 amide bonds. The van der Waals surface area contributed by atoms with Crippen LogP contribution in [-0.4, -0.2) is 27.7 Å². The maximum atomic E-state index is 13.6. The van der Waals surface area contributed by atoms with Crippen LogP contribution in [0.4, 0.5) is 0 Å². The van der Waals surface area contributed by atoms with Crippen LogP contribution in [0, 0.1) is 5.92 Å². The van der Waals surface area contributed by atoms with Gasteiger partial charge in [-0.15, -0.1) is 0 Å². The SMILES string of the molecule is CCC(C)C(C(=O)NC1CCCc2c1[nH]c1ccccc21)N1Cc2ccccc2C1=O. The van der Waals surface area contributed by atoms with E-state index in [0.29, 0.717) is 6.54 Å². The number of nitrogens with one attached hydrogen (secondary N) is 2. The molecule has 31 heavy (non-hydrogen) atoms. The second-order valence-electron chi connectivity index (χ2n) is 8.94. The maximum absolute atomic E-state index is 13.6. The summed E-state index contributed by atoms with van der Waals surface area (Å²) in [5, 5.41) is 4.56. The molecule has 0 radical (unpaired) electrons. The zero-order chi connectivity index (χ0) is 21.5. The Kier molecular flexibility index (Phi) is 5.05. The third-order valence-corrected chi connectivity index (χ3v) is 7.07. The summed E-state index contributed by atoms with van der Waals surface area (Å²) in [5.41, 5.74) is 5.29. The minimum absolute atomic E-state index is 0.0361. The summed E-state index contributed by atoms with van der Waals surface area (Å²) < 4.78 is 0. The molecule has 2 heterocycles. The number of para-hydroxylation sites is 1. The highest BCUT2D eigenvalue weighted by Crippen LogP contribution is 2.35. The Balaban J connectivity index is 1.43. The topological polar surface area (TPSA) is 65.2 Å². The van der Waals surface area contributed by atoms with Gasteiger partial charge >= 0.3 is 0 Å². The van der Waals surface area contributed by atoms with Gasteiger partial charge in [0, 0.05) is 28.7 Å². The first-order valence-electron chi connectivity index (χ1n) is 11.4. The number of amides is 2. The zero-order valence-corrected chi connectivity index (χ0v) is 18.2. The molecule has 3 atom stereocenters. The maximum Gasteiger partial charge on any atom is 0.255 e. The van der Waals surface area contributed by atoms with E-state index in [1.807, 2.05) is 30.3 Å². The second kappa shape index (κ2) is 7.88. The van der Waals surface area contributed by atoms with Crippen LogP contribution in [0.5, 0.6) is 0 Å². The molecule has 3 aromatic rings. The Morgan fingerprint density at radius 1 is 1.19 bits per heavy atom. The van der Waals surface area contributed by atoms with Crippen molar-refractivity contribution in [2.45, 2.75) is 58.2 Å². The standard InChI is InChI=1S/C26H29N3O2/c1-3-16(2)24(29-15-17-9-4-5-10-18(17)26(29)31)25(30)28-22-14-8-12-20-19-11-6-7-13-21(19)27-23(20)22/h4-7,9-11,13,16,22,24,27H,3,8,12,14-15H2,1-2H3,(H,28,30). The molecule has 0 fully saturated rings. The Morgan fingerprint density at radius 3 is 2.77 bits per heavy atom. The van der Waals surface area contributed by atoms with Crippen molar-refractivity contribution in [2.24, 2.45) is 5.92 Å². The molecule has 5 heteroatoms. The van der Waals surface area contributed by atoms with Gasteiger partial charge in [-0.05, 0) is 48.4 Å². The van der Waals surface area contributed by atoms with E-state index in [-0.39, 0.29) is 23.8 Å². The van der Waals surface area contributed by atoms with Gasteiger partial charge in [-0.3, -0.25) is 9.59 Å². The van der Waals surface area contributed by atoms with Gasteiger partial charge in [0.2, 0.25) is 5.91 Å². The van der Waals surface area contributed by atoms with E-state index >= 15 is 0 Å². The molecular formula is C26H29N3O2. The Morgan fingerprint density at radius 2 is 1.97 bits per heavy atom. The van der Waals surface area contributed by atoms with Gasteiger partial charge < -0.3 is 15.2 Å². The van der Waals surface area contributed by atoms with Gasteiger partial charge in [0.1, 0.15) is 6.04 Å². The van der Waals surface area contributed by atoms with Crippen molar-refractivity contribution in [3.05, 3.63) is 70.9 Å². The molecule has 5 rings (SSSR count). The smallest absolute Gasteiger partial charge is 0.255 e. The second-order valence-corrected chi connectivity index (χ2v) is 8.94. The van der Waals surface area contributed by atoms with E-state index in [1.54, 1.807) is 4.90 Å². The van der Waals surface area contributed by atoms with Crippen molar-refractivity contribution in [1.82, 2.24) is 15.2 Å². The fourth-order valence-corrected chi connectivity index (χ4v) is 5.25. The number of aromatic amines is 1. The summed E-state index contributed by atoms with van der Waals surface area (Å²) in [6.07, 6.45) is 3.82. The number of aromatic nitrogens is 1. The average Bonchev–Trinajstić information content (AvgIpc) is 3.33. The number of benzene rings is 2. The van der Waals surface area contributed by atoms with E-state index in [2.05, 4.69) is 42.3 Å². The number of carbonyl (C=O) groups excluding carboxylic acids is 2. The fourth-order valence-electron chi connectivity index (χ4n) is 5.25. The number of aryl methyl sites for hydroxylation is 1. The summed E-state index contributed by atoms with van der Waals surface area (Å²) in [5.74, 6) is -0.0120. The summed E-state index contributed by atoms with van der Waals surface area (Å²) in [6, 6.07) is 15.5. The molecule has 3 unspecified atom stereocenters. The third-order valence-electron chi connectivity index (χ3n) is 7.07. The van der Waals surface area contributed by atoms with E-state index < -0.39 is 6.04 Å². The highest BCUT2D eigenvalue weighted by atomic mass is 16.2. The van der Waals surface area contributed by atoms with Crippen molar-refractivity contribution in [3.8, 4) is 0 Å². The Labute approximate surface area is 182 Å². The van der Waals surface area contributed by atoms with E-state index in [4.69, 9.17) is 0 Å². The van der Waals surface area contributed by atoms with Crippen molar-refractivity contribution < 1.29 is 9.59 Å². The van der Waals surface area contributed by atoms with Gasteiger partial charge in [0.05, 0.1) is 6.04 Å². The van der Waals surface area contributed by atoms with Gasteiger partial charge in [-0.25, -0.2) is 0 Å². The highest BCUT2D eigenvalue weighted by Gasteiger charge is 2.39. The summed E-state index contributed by atoms with van der Waals surface area (Å²) in [7, 11) is 0. The Bertz CT molecular complexity index is 1150. The van der Waals surface area contributed by atoms with Crippen LogP contribution < -0.4 is 5.32 Å². The molecular weight excluding hydrogens is 386 g/mol. The number of H-pyrrole nitrogens is 1. The number of hydrogen-bond donors (Lipinski definition) is 2. The van der Waals surface area contributed by atoms with Crippen LogP contribution in [-0.2, 0) is 17.8 Å². The van der Waals surface area contributed by atoms with Crippen LogP contribution in [0.25, 0.3) is 10.9 Å². The number of hydrogen-bond acceptors (Lipinski definition) is 2. The fraction of sp³-hybridized carbons (Fsp3) is 0.385. The van der Waals surface area contributed by atoms with Gasteiger partial charge in [0.25, 0.3) is 5.91 Å². The lowest BCUT2D eigenvalue weighted by molar-refractivity contribution is -0.128. The molecule has 2 aliphatic rings. The molecule has 160 valence electrons. The van der Waals surface area contributed by atoms with Crippen LogP contribution in [0.15, 0.2) is 48.5 Å². The minimum Gasteiger partial charge on any atom is -0.356 e. The number of carbonyl (C=O) groups is 2. The highest BCUT2D eigenvalue weighted by molar-refractivity contribution is 6.01. The average molecular weight is 416 g/mol. The first-order valence-corrected chi connectivity index (χ1v) is 11.4. The van der Waals surface area contributed by atoms with Crippen molar-refractivity contribution in [3.63, 3.8) is 0 Å². The molecule has 1 aliphatic heterocycles. The first kappa shape index (κ1) is 19.9. The Hall–Kier alpha value is -3.08. The largest absolute Gasteiger partial charge is 0.356 e. The van der Waals surface area contributed by atoms with Crippen molar-refractivity contribution in [1.29, 1.82) is 0 Å². The summed E-state index contributed by atoms with van der Waals surface area (Å²) >= 11 is 0. The lowest BCUT2D eigenvalue weighted by Crippen LogP contribution is -2.51. The summed E-state index contributed by atoms with van der Waals surface area (Å²) in [4.78, 5) is 32.0. The number of nitrogens with zero attached hydrogens (tertiary/aromatic N) is 1. The molecule has 1 aliphatic carbocycles. The molecule has 0 saturated heterocycles. The third kappa shape index (κ3) is 3.32. The first-order chi connectivity index (χ1) is 15.1. The molecule has 0 bridgehead atoms. The monoisotopic (exact) mass is 415 g/mol. The van der Waals surface area contributed by atoms with Crippen molar-refractivity contribution >= 4 is 22.7 Å². The van der Waals surface area contributed by atoms with Gasteiger partial charge in [0.15, 0.2) is 0 Å². The molecule has 1 aromatic heterocycles. The van der Waals surface area contributed by atoms with Gasteiger partial charge in [-0.2, -0.15) is 0 Å². The van der Waals surface area contributed by atoms with E-state index in [0.717, 1.165) is 48.0 Å².